The largest absolute Gasteiger partial charge is 0.392 e. The first kappa shape index (κ1) is 38.3. The summed E-state index contributed by atoms with van der Waals surface area (Å²) in [6.07, 6.45) is 10.5. The Bertz CT molecular complexity index is 1220. The number of allylic oxidation sites excluding steroid dienone is 6. The number of hydrogen-bond acceptors (Lipinski definition) is 4. The fraction of sp³-hybridized carbons (Fsp3) is 0.421. The molecule has 0 aliphatic rings. The van der Waals surface area contributed by atoms with Crippen LogP contribution in [0, 0.1) is 5.92 Å². The smallest absolute Gasteiger partial charge is 0.223 e. The SMILES string of the molecule is CC.CC/C=C\C(CC/C=C/F)/C(C)=C(\C=C\C(=O)C[C@@H](O)CC(=O)N[C@@H](C)c1ccccc1)N(c1ccccc1)C(C)C. The molecular formula is C38H53FN2O3. The second-order valence-electron chi connectivity index (χ2n) is 10.8. The maximum absolute atomic E-state index is 13.0. The van der Waals surface area contributed by atoms with Crippen LogP contribution < -0.4 is 10.2 Å². The number of aliphatic hydroxyl groups excluding tert-OH is 1. The van der Waals surface area contributed by atoms with Crippen molar-refractivity contribution in [2.75, 3.05) is 4.90 Å². The van der Waals surface area contributed by atoms with E-state index in [1.165, 1.54) is 12.2 Å². The Labute approximate surface area is 265 Å². The van der Waals surface area contributed by atoms with Crippen LogP contribution in [0.15, 0.2) is 109 Å². The lowest BCUT2D eigenvalue weighted by Gasteiger charge is -2.33. The third-order valence-corrected chi connectivity index (χ3v) is 7.07. The number of rotatable bonds is 17. The normalized spacial score (nSPS) is 14.2. The van der Waals surface area contributed by atoms with Crippen molar-refractivity contribution in [3.8, 4) is 0 Å². The van der Waals surface area contributed by atoms with Crippen molar-refractivity contribution < 1.29 is 19.1 Å². The quantitative estimate of drug-likeness (QED) is 0.107. The number of halogens is 1. The Morgan fingerprint density at radius 2 is 1.55 bits per heavy atom. The minimum atomic E-state index is -1.10. The predicted octanol–water partition coefficient (Wildman–Crippen LogP) is 9.19. The molecule has 2 N–H and O–H groups in total. The molecule has 0 spiro atoms. The zero-order valence-electron chi connectivity index (χ0n) is 27.7. The van der Waals surface area contributed by atoms with Crippen LogP contribution in [0.2, 0.25) is 0 Å². The van der Waals surface area contributed by atoms with Crippen LogP contribution >= 0.6 is 0 Å². The highest BCUT2D eigenvalue weighted by atomic mass is 19.1. The van der Waals surface area contributed by atoms with Gasteiger partial charge in [-0.05, 0) is 82.4 Å². The number of ketones is 1. The molecule has 0 aromatic heterocycles. The first-order valence-electron chi connectivity index (χ1n) is 15.9. The van der Waals surface area contributed by atoms with Crippen LogP contribution in [0.5, 0.6) is 0 Å². The number of nitrogens with zero attached hydrogens (tertiary/aromatic N) is 1. The molecule has 6 heteroatoms. The van der Waals surface area contributed by atoms with E-state index in [1.54, 1.807) is 0 Å². The molecule has 0 aliphatic carbocycles. The highest BCUT2D eigenvalue weighted by Gasteiger charge is 2.21. The molecule has 2 aromatic rings. The van der Waals surface area contributed by atoms with E-state index < -0.39 is 6.10 Å². The van der Waals surface area contributed by atoms with E-state index in [9.17, 15) is 19.1 Å². The van der Waals surface area contributed by atoms with Crippen molar-refractivity contribution in [1.29, 1.82) is 0 Å². The van der Waals surface area contributed by atoms with Crippen LogP contribution in [0.3, 0.4) is 0 Å². The van der Waals surface area contributed by atoms with Gasteiger partial charge in [-0.3, -0.25) is 9.59 Å². The lowest BCUT2D eigenvalue weighted by atomic mass is 9.91. The van der Waals surface area contributed by atoms with Crippen LogP contribution in [-0.4, -0.2) is 28.9 Å². The molecule has 3 atom stereocenters. The minimum Gasteiger partial charge on any atom is -0.392 e. The number of para-hydroxylation sites is 1. The molecule has 0 aliphatic heterocycles. The molecule has 2 aromatic carbocycles. The van der Waals surface area contributed by atoms with Crippen molar-refractivity contribution in [2.24, 2.45) is 5.92 Å². The summed E-state index contributed by atoms with van der Waals surface area (Å²) < 4.78 is 12.7. The standard InChI is InChI=1S/C36H47FN2O3.C2H6/c1-6-7-16-30(17-14-15-24-37)28(4)35(39(27(2)3)32-20-12-9-13-21-32)23-22-33(40)25-34(41)26-36(42)38-29(5)31-18-10-8-11-19-31;1-2/h7-13,15-16,18-24,27,29-30,34,41H,6,14,17,25-26H2,1-5H3,(H,38,42);1-2H3/b16-7-,23-22+,24-15+,35-28+;/t29-,30?,34+;/m0./s1. The zero-order valence-corrected chi connectivity index (χ0v) is 27.7. The van der Waals surface area contributed by atoms with E-state index in [4.69, 9.17) is 0 Å². The molecular weight excluding hydrogens is 551 g/mol. The maximum atomic E-state index is 13.0. The van der Waals surface area contributed by atoms with Gasteiger partial charge in [-0.2, -0.15) is 0 Å². The summed E-state index contributed by atoms with van der Waals surface area (Å²) >= 11 is 0. The number of hydrogen-bond donors (Lipinski definition) is 2. The van der Waals surface area contributed by atoms with Gasteiger partial charge in [0.1, 0.15) is 0 Å². The van der Waals surface area contributed by atoms with Gasteiger partial charge in [-0.1, -0.05) is 87.5 Å². The molecule has 0 saturated heterocycles. The van der Waals surface area contributed by atoms with Gasteiger partial charge >= 0.3 is 0 Å². The number of amides is 1. The summed E-state index contributed by atoms with van der Waals surface area (Å²) in [4.78, 5) is 27.7. The third-order valence-electron chi connectivity index (χ3n) is 7.07. The average molecular weight is 605 g/mol. The Balaban J connectivity index is 0.00000474. The molecule has 1 amide bonds. The molecule has 0 radical (unpaired) electrons. The molecule has 0 heterocycles. The van der Waals surface area contributed by atoms with Crippen molar-refractivity contribution in [3.05, 3.63) is 114 Å². The maximum Gasteiger partial charge on any atom is 0.223 e. The van der Waals surface area contributed by atoms with Crippen molar-refractivity contribution in [3.63, 3.8) is 0 Å². The summed E-state index contributed by atoms with van der Waals surface area (Å²) in [5.41, 5.74) is 3.90. The highest BCUT2D eigenvalue weighted by Crippen LogP contribution is 2.30. The number of aliphatic hydroxyl groups is 1. The van der Waals surface area contributed by atoms with Crippen LogP contribution in [0.4, 0.5) is 10.1 Å². The van der Waals surface area contributed by atoms with Crippen molar-refractivity contribution >= 4 is 17.4 Å². The van der Waals surface area contributed by atoms with Crippen LogP contribution in [0.1, 0.15) is 92.2 Å². The Morgan fingerprint density at radius 1 is 0.932 bits per heavy atom. The lowest BCUT2D eigenvalue weighted by molar-refractivity contribution is -0.124. The molecule has 0 bridgehead atoms. The number of carbonyl (C=O) groups is 2. The van der Waals surface area contributed by atoms with E-state index >= 15 is 0 Å². The van der Waals surface area contributed by atoms with Gasteiger partial charge in [0, 0.05) is 29.8 Å². The molecule has 44 heavy (non-hydrogen) atoms. The second kappa shape index (κ2) is 21.8. The highest BCUT2D eigenvalue weighted by molar-refractivity contribution is 5.91. The monoisotopic (exact) mass is 604 g/mol. The second-order valence-corrected chi connectivity index (χ2v) is 10.8. The molecule has 0 saturated carbocycles. The van der Waals surface area contributed by atoms with E-state index in [0.29, 0.717) is 12.8 Å². The Morgan fingerprint density at radius 3 is 2.11 bits per heavy atom. The van der Waals surface area contributed by atoms with E-state index in [-0.39, 0.29) is 42.5 Å². The van der Waals surface area contributed by atoms with E-state index in [2.05, 4.69) is 50.1 Å². The number of carbonyl (C=O) groups excluding carboxylic acids is 2. The molecule has 2 rings (SSSR count). The fourth-order valence-electron chi connectivity index (χ4n) is 4.88. The van der Waals surface area contributed by atoms with Gasteiger partial charge in [0.05, 0.1) is 24.9 Å². The van der Waals surface area contributed by atoms with Gasteiger partial charge in [0.2, 0.25) is 5.91 Å². The Hall–Kier alpha value is -3.77. The summed E-state index contributed by atoms with van der Waals surface area (Å²) in [7, 11) is 0. The van der Waals surface area contributed by atoms with Gasteiger partial charge in [-0.15, -0.1) is 0 Å². The van der Waals surface area contributed by atoms with Crippen LogP contribution in [-0.2, 0) is 9.59 Å². The topological polar surface area (TPSA) is 69.6 Å². The third kappa shape index (κ3) is 13.7. The number of nitrogens with one attached hydrogen (secondary N) is 1. The average Bonchev–Trinajstić information content (AvgIpc) is 3.02. The molecule has 5 nitrogen and oxygen atoms in total. The van der Waals surface area contributed by atoms with Gasteiger partial charge in [-0.25, -0.2) is 4.39 Å². The predicted molar refractivity (Wildman–Crippen MR) is 183 cm³/mol. The van der Waals surface area contributed by atoms with Gasteiger partial charge < -0.3 is 15.3 Å². The minimum absolute atomic E-state index is 0.0433. The summed E-state index contributed by atoms with van der Waals surface area (Å²) in [5, 5.41) is 13.4. The van der Waals surface area contributed by atoms with Gasteiger partial charge in [0.15, 0.2) is 5.78 Å². The molecule has 0 fully saturated rings. The zero-order chi connectivity index (χ0) is 32.9. The summed E-state index contributed by atoms with van der Waals surface area (Å²) in [5.74, 6) is -0.536. The number of benzene rings is 2. The summed E-state index contributed by atoms with van der Waals surface area (Å²) in [6.45, 7) is 14.2. The van der Waals surface area contributed by atoms with Crippen LogP contribution in [0.25, 0.3) is 0 Å². The molecule has 1 unspecified atom stereocenters. The van der Waals surface area contributed by atoms with Gasteiger partial charge in [0.25, 0.3) is 0 Å². The first-order chi connectivity index (χ1) is 21.2. The first-order valence-corrected chi connectivity index (χ1v) is 15.9. The molecule has 240 valence electrons. The number of anilines is 1. The van der Waals surface area contributed by atoms with E-state index in [0.717, 1.165) is 35.4 Å². The Kier molecular flexibility index (Phi) is 19.0. The lowest BCUT2D eigenvalue weighted by Crippen LogP contribution is -2.31. The van der Waals surface area contributed by atoms with Crippen molar-refractivity contribution in [1.82, 2.24) is 5.32 Å². The van der Waals surface area contributed by atoms with Crippen molar-refractivity contribution in [2.45, 2.75) is 98.8 Å². The van der Waals surface area contributed by atoms with E-state index in [1.807, 2.05) is 87.5 Å². The summed E-state index contributed by atoms with van der Waals surface area (Å²) in [6, 6.07) is 19.5. The fourth-order valence-corrected chi connectivity index (χ4v) is 4.88.